The summed E-state index contributed by atoms with van der Waals surface area (Å²) in [5, 5.41) is 2.79. The molecule has 27 heavy (non-hydrogen) atoms. The van der Waals surface area contributed by atoms with Crippen molar-refractivity contribution in [3.63, 3.8) is 0 Å². The molecule has 1 saturated carbocycles. The summed E-state index contributed by atoms with van der Waals surface area (Å²) in [6.45, 7) is 4.63. The number of anilines is 1. The highest BCUT2D eigenvalue weighted by atomic mass is 32.2. The van der Waals surface area contributed by atoms with E-state index in [4.69, 9.17) is 0 Å². The van der Waals surface area contributed by atoms with E-state index in [2.05, 4.69) is 35.3 Å². The van der Waals surface area contributed by atoms with Gasteiger partial charge in [0.1, 0.15) is 0 Å². The van der Waals surface area contributed by atoms with Crippen molar-refractivity contribution in [2.24, 2.45) is 5.92 Å². The molecular weight excluding hydrogens is 362 g/mol. The van der Waals surface area contributed by atoms with Gasteiger partial charge in [0.2, 0.25) is 15.9 Å². The van der Waals surface area contributed by atoms with Crippen LogP contribution in [0.15, 0.2) is 24.3 Å². The molecule has 2 fully saturated rings. The molecule has 1 N–H and O–H groups in total. The SMILES string of the molecule is Cc1cccc(N2CCN(S(=O)(=O)CCNC(=O)CC3CCCC3)CC2)c1. The number of sulfonamides is 1. The first-order valence-corrected chi connectivity index (χ1v) is 11.6. The Labute approximate surface area is 163 Å². The highest BCUT2D eigenvalue weighted by molar-refractivity contribution is 7.89. The number of carbonyl (C=O) groups is 1. The van der Waals surface area contributed by atoms with E-state index in [1.165, 1.54) is 18.4 Å². The highest BCUT2D eigenvalue weighted by Gasteiger charge is 2.27. The number of nitrogens with one attached hydrogen (secondary N) is 1. The zero-order chi connectivity index (χ0) is 19.3. The third-order valence-electron chi connectivity index (χ3n) is 5.63. The lowest BCUT2D eigenvalue weighted by atomic mass is 10.0. The van der Waals surface area contributed by atoms with Crippen LogP contribution < -0.4 is 10.2 Å². The maximum atomic E-state index is 12.6. The fraction of sp³-hybridized carbons (Fsp3) is 0.650. The van der Waals surface area contributed by atoms with E-state index < -0.39 is 10.0 Å². The van der Waals surface area contributed by atoms with Gasteiger partial charge < -0.3 is 10.2 Å². The van der Waals surface area contributed by atoms with Crippen LogP contribution in [0.2, 0.25) is 0 Å². The lowest BCUT2D eigenvalue weighted by molar-refractivity contribution is -0.121. The molecule has 0 atom stereocenters. The molecular formula is C20H31N3O3S. The molecule has 3 rings (SSSR count). The molecule has 1 aromatic carbocycles. The molecule has 150 valence electrons. The van der Waals surface area contributed by atoms with E-state index in [0.717, 1.165) is 18.5 Å². The maximum absolute atomic E-state index is 12.6. The minimum absolute atomic E-state index is 0.0126. The number of amides is 1. The summed E-state index contributed by atoms with van der Waals surface area (Å²) >= 11 is 0. The Morgan fingerprint density at radius 3 is 2.52 bits per heavy atom. The van der Waals surface area contributed by atoms with Crippen LogP contribution in [0.1, 0.15) is 37.7 Å². The van der Waals surface area contributed by atoms with Crippen molar-refractivity contribution in [2.45, 2.75) is 39.0 Å². The van der Waals surface area contributed by atoms with Crippen molar-refractivity contribution < 1.29 is 13.2 Å². The number of nitrogens with zero attached hydrogens (tertiary/aromatic N) is 2. The standard InChI is InChI=1S/C20H31N3O3S/c1-17-5-4-8-19(15-17)22-10-12-23(13-11-22)27(25,26)14-9-21-20(24)16-18-6-2-3-7-18/h4-5,8,15,18H,2-3,6-7,9-14,16H2,1H3,(H,21,24). The molecule has 0 bridgehead atoms. The van der Waals surface area contributed by atoms with Gasteiger partial charge in [-0.15, -0.1) is 0 Å². The molecule has 0 unspecified atom stereocenters. The van der Waals surface area contributed by atoms with Crippen molar-refractivity contribution in [1.82, 2.24) is 9.62 Å². The van der Waals surface area contributed by atoms with Crippen LogP contribution >= 0.6 is 0 Å². The maximum Gasteiger partial charge on any atom is 0.220 e. The summed E-state index contributed by atoms with van der Waals surface area (Å²) in [6, 6.07) is 8.29. The summed E-state index contributed by atoms with van der Waals surface area (Å²) in [5.74, 6) is 0.450. The normalized spacial score (nSPS) is 19.4. The average Bonchev–Trinajstić information content (AvgIpc) is 3.14. The van der Waals surface area contributed by atoms with Gasteiger partial charge in [-0.3, -0.25) is 4.79 Å². The van der Waals surface area contributed by atoms with Gasteiger partial charge in [0.15, 0.2) is 0 Å². The molecule has 0 spiro atoms. The van der Waals surface area contributed by atoms with Crippen LogP contribution in [0.3, 0.4) is 0 Å². The largest absolute Gasteiger partial charge is 0.369 e. The fourth-order valence-electron chi connectivity index (χ4n) is 4.05. The Bertz CT molecular complexity index is 737. The predicted molar refractivity (Wildman–Crippen MR) is 108 cm³/mol. The number of carbonyl (C=O) groups excluding carboxylic acids is 1. The van der Waals surface area contributed by atoms with Crippen molar-refractivity contribution in [3.8, 4) is 0 Å². The first-order valence-electron chi connectivity index (χ1n) is 10.0. The summed E-state index contributed by atoms with van der Waals surface area (Å²) in [5.41, 5.74) is 2.35. The van der Waals surface area contributed by atoms with Crippen LogP contribution in [-0.4, -0.2) is 57.1 Å². The molecule has 1 heterocycles. The molecule has 7 heteroatoms. The van der Waals surface area contributed by atoms with Gasteiger partial charge in [-0.05, 0) is 43.4 Å². The van der Waals surface area contributed by atoms with Crippen LogP contribution in [-0.2, 0) is 14.8 Å². The summed E-state index contributed by atoms with van der Waals surface area (Å²) in [4.78, 5) is 14.2. The Hall–Kier alpha value is -1.60. The zero-order valence-corrected chi connectivity index (χ0v) is 17.0. The first-order chi connectivity index (χ1) is 12.9. The average molecular weight is 394 g/mol. The minimum Gasteiger partial charge on any atom is -0.369 e. The van der Waals surface area contributed by atoms with Crippen LogP contribution in [0, 0.1) is 12.8 Å². The number of rotatable bonds is 7. The number of benzene rings is 1. The van der Waals surface area contributed by atoms with Crippen LogP contribution in [0.5, 0.6) is 0 Å². The third-order valence-corrected chi connectivity index (χ3v) is 7.50. The molecule has 0 aromatic heterocycles. The summed E-state index contributed by atoms with van der Waals surface area (Å²) < 4.78 is 26.7. The van der Waals surface area contributed by atoms with Gasteiger partial charge in [0.05, 0.1) is 5.75 Å². The monoisotopic (exact) mass is 393 g/mol. The topological polar surface area (TPSA) is 69.7 Å². The molecule has 1 aromatic rings. The van der Waals surface area contributed by atoms with Crippen molar-refractivity contribution >= 4 is 21.6 Å². The second-order valence-corrected chi connectivity index (χ2v) is 9.83. The van der Waals surface area contributed by atoms with Gasteiger partial charge in [0.25, 0.3) is 0 Å². The molecule has 1 aliphatic heterocycles. The van der Waals surface area contributed by atoms with E-state index in [0.29, 0.717) is 38.5 Å². The first kappa shape index (κ1) is 20.1. The number of piperazine rings is 1. The van der Waals surface area contributed by atoms with Gasteiger partial charge in [0, 0.05) is 44.8 Å². The number of hydrogen-bond acceptors (Lipinski definition) is 4. The Morgan fingerprint density at radius 1 is 1.15 bits per heavy atom. The fourth-order valence-corrected chi connectivity index (χ4v) is 5.38. The molecule has 1 saturated heterocycles. The van der Waals surface area contributed by atoms with Crippen molar-refractivity contribution in [3.05, 3.63) is 29.8 Å². The highest BCUT2D eigenvalue weighted by Crippen LogP contribution is 2.27. The number of aryl methyl sites for hydroxylation is 1. The molecule has 2 aliphatic rings. The quantitative estimate of drug-likeness (QED) is 0.771. The molecule has 6 nitrogen and oxygen atoms in total. The third kappa shape index (κ3) is 5.69. The van der Waals surface area contributed by atoms with E-state index in [1.807, 2.05) is 6.07 Å². The van der Waals surface area contributed by atoms with E-state index in [9.17, 15) is 13.2 Å². The van der Waals surface area contributed by atoms with E-state index in [-0.39, 0.29) is 18.2 Å². The molecule has 0 radical (unpaired) electrons. The lowest BCUT2D eigenvalue weighted by Gasteiger charge is -2.35. The number of hydrogen-bond donors (Lipinski definition) is 1. The molecule has 1 amide bonds. The zero-order valence-electron chi connectivity index (χ0n) is 16.2. The molecule has 1 aliphatic carbocycles. The van der Waals surface area contributed by atoms with Gasteiger partial charge >= 0.3 is 0 Å². The van der Waals surface area contributed by atoms with E-state index in [1.54, 1.807) is 4.31 Å². The van der Waals surface area contributed by atoms with E-state index >= 15 is 0 Å². The lowest BCUT2D eigenvalue weighted by Crippen LogP contribution is -2.50. The Balaban J connectivity index is 1.42. The predicted octanol–water partition coefficient (Wildman–Crippen LogP) is 2.14. The van der Waals surface area contributed by atoms with Crippen molar-refractivity contribution in [1.29, 1.82) is 0 Å². The minimum atomic E-state index is -3.33. The Morgan fingerprint density at radius 2 is 1.85 bits per heavy atom. The summed E-state index contributed by atoms with van der Waals surface area (Å²) in [6.07, 6.45) is 5.20. The van der Waals surface area contributed by atoms with Gasteiger partial charge in [-0.2, -0.15) is 4.31 Å². The van der Waals surface area contributed by atoms with Gasteiger partial charge in [-0.25, -0.2) is 8.42 Å². The second-order valence-electron chi connectivity index (χ2n) is 7.75. The van der Waals surface area contributed by atoms with Gasteiger partial charge in [-0.1, -0.05) is 25.0 Å². The van der Waals surface area contributed by atoms with Crippen LogP contribution in [0.4, 0.5) is 5.69 Å². The Kier molecular flexibility index (Phi) is 6.76. The smallest absolute Gasteiger partial charge is 0.220 e. The second kappa shape index (κ2) is 9.06. The van der Waals surface area contributed by atoms with Crippen molar-refractivity contribution in [2.75, 3.05) is 43.4 Å². The van der Waals surface area contributed by atoms with Crippen LogP contribution in [0.25, 0.3) is 0 Å². The summed E-state index contributed by atoms with van der Waals surface area (Å²) in [7, 11) is -3.33.